The smallest absolute Gasteiger partial charge is 0.229 e. The lowest BCUT2D eigenvalue weighted by Gasteiger charge is -2.37. The van der Waals surface area contributed by atoms with Gasteiger partial charge in [-0.3, -0.25) is 4.98 Å². The standard InChI is InChI=1S/C25H28N8OS/c1-33-14-17-6-4-5-16-7-20(8-18(15-33)23(16)17)30-25-28-11-19(10-26)24(31-25)29-21-9-22(13-27-12-21)32-35(2,3)34/h7-9,11-13,17H,4-6,14-15H2,1-3H3,(H2,28,29,30,31). The van der Waals surface area contributed by atoms with Gasteiger partial charge in [-0.2, -0.15) is 14.6 Å². The van der Waals surface area contributed by atoms with Crippen molar-refractivity contribution < 1.29 is 4.21 Å². The van der Waals surface area contributed by atoms with Crippen molar-refractivity contribution in [2.45, 2.75) is 31.7 Å². The van der Waals surface area contributed by atoms with Crippen LogP contribution in [0.4, 0.5) is 28.8 Å². The Bertz CT molecular complexity index is 1450. The van der Waals surface area contributed by atoms with Gasteiger partial charge >= 0.3 is 0 Å². The van der Waals surface area contributed by atoms with Gasteiger partial charge in [0.15, 0.2) is 5.82 Å². The minimum atomic E-state index is -2.32. The molecule has 1 aromatic carbocycles. The highest BCUT2D eigenvalue weighted by Crippen LogP contribution is 2.40. The van der Waals surface area contributed by atoms with E-state index in [1.807, 2.05) is 0 Å². The Morgan fingerprint density at radius 2 is 1.97 bits per heavy atom. The number of aromatic nitrogens is 3. The third-order valence-electron chi connectivity index (χ3n) is 6.21. The molecular weight excluding hydrogens is 460 g/mol. The number of benzene rings is 1. The molecule has 0 amide bonds. The number of anilines is 4. The van der Waals surface area contributed by atoms with E-state index in [4.69, 9.17) is 0 Å². The summed E-state index contributed by atoms with van der Waals surface area (Å²) in [4.78, 5) is 15.5. The van der Waals surface area contributed by atoms with E-state index in [2.05, 4.69) is 60.1 Å². The molecule has 0 bridgehead atoms. The molecule has 1 unspecified atom stereocenters. The van der Waals surface area contributed by atoms with Crippen LogP contribution in [0.1, 0.15) is 41.0 Å². The maximum atomic E-state index is 12.0. The summed E-state index contributed by atoms with van der Waals surface area (Å²) in [7, 11) is -0.144. The van der Waals surface area contributed by atoms with Gasteiger partial charge in [-0.1, -0.05) is 0 Å². The predicted molar refractivity (Wildman–Crippen MR) is 138 cm³/mol. The number of nitrogens with one attached hydrogen (secondary N) is 2. The molecule has 10 heteroatoms. The molecule has 0 fully saturated rings. The third kappa shape index (κ3) is 5.26. The molecule has 1 atom stereocenters. The SMILES string of the molecule is CN1Cc2cc(Nc3ncc(C#N)c(Nc4cncc(N=S(C)(C)=O)c4)n3)cc3c2C(CCC3)C1. The van der Waals surface area contributed by atoms with E-state index in [0.29, 0.717) is 34.6 Å². The second-order valence-corrected chi connectivity index (χ2v) is 12.1. The minimum Gasteiger partial charge on any atom is -0.338 e. The third-order valence-corrected chi connectivity index (χ3v) is 6.86. The fourth-order valence-electron chi connectivity index (χ4n) is 5.00. The molecule has 1 aliphatic carbocycles. The molecule has 0 spiro atoms. The lowest BCUT2D eigenvalue weighted by Crippen LogP contribution is -2.33. The van der Waals surface area contributed by atoms with Gasteiger partial charge in [0, 0.05) is 41.0 Å². The average Bonchev–Trinajstić information content (AvgIpc) is 2.78. The van der Waals surface area contributed by atoms with Crippen LogP contribution in [-0.2, 0) is 22.7 Å². The van der Waals surface area contributed by atoms with Crippen molar-refractivity contribution >= 4 is 38.6 Å². The Morgan fingerprint density at radius 3 is 2.77 bits per heavy atom. The zero-order valence-electron chi connectivity index (χ0n) is 20.1. The van der Waals surface area contributed by atoms with Crippen molar-refractivity contribution in [2.24, 2.45) is 4.36 Å². The van der Waals surface area contributed by atoms with Crippen LogP contribution in [0.25, 0.3) is 0 Å². The summed E-state index contributed by atoms with van der Waals surface area (Å²) >= 11 is 0. The number of likely N-dealkylation sites (N-methyl/N-ethyl adjacent to an activating group) is 1. The number of hydrogen-bond donors (Lipinski definition) is 2. The zero-order chi connectivity index (χ0) is 24.6. The van der Waals surface area contributed by atoms with E-state index in [9.17, 15) is 9.47 Å². The number of hydrogen-bond acceptors (Lipinski definition) is 9. The summed E-state index contributed by atoms with van der Waals surface area (Å²) in [5.74, 6) is 1.37. The van der Waals surface area contributed by atoms with E-state index in [0.717, 1.165) is 25.2 Å². The first kappa shape index (κ1) is 23.2. The maximum absolute atomic E-state index is 12.0. The first-order valence-corrected chi connectivity index (χ1v) is 13.9. The predicted octanol–water partition coefficient (Wildman–Crippen LogP) is 4.45. The molecule has 3 heterocycles. The lowest BCUT2D eigenvalue weighted by molar-refractivity contribution is 0.266. The lowest BCUT2D eigenvalue weighted by atomic mass is 9.77. The molecule has 1 aliphatic heterocycles. The van der Waals surface area contributed by atoms with E-state index < -0.39 is 9.73 Å². The van der Waals surface area contributed by atoms with Gasteiger partial charge in [0.25, 0.3) is 0 Å². The van der Waals surface area contributed by atoms with Crippen LogP contribution in [0.5, 0.6) is 0 Å². The number of nitriles is 1. The summed E-state index contributed by atoms with van der Waals surface area (Å²) in [6.45, 7) is 2.06. The zero-order valence-corrected chi connectivity index (χ0v) is 20.9. The van der Waals surface area contributed by atoms with E-state index in [-0.39, 0.29) is 0 Å². The van der Waals surface area contributed by atoms with Gasteiger partial charge in [0.05, 0.1) is 30.0 Å². The first-order valence-electron chi connectivity index (χ1n) is 11.5. The summed E-state index contributed by atoms with van der Waals surface area (Å²) in [5.41, 5.74) is 6.64. The highest BCUT2D eigenvalue weighted by atomic mass is 32.2. The minimum absolute atomic E-state index is 0.303. The molecule has 9 nitrogen and oxygen atoms in total. The van der Waals surface area contributed by atoms with Gasteiger partial charge in [-0.05, 0) is 67.1 Å². The van der Waals surface area contributed by atoms with Crippen LogP contribution >= 0.6 is 0 Å². The largest absolute Gasteiger partial charge is 0.338 e. The van der Waals surface area contributed by atoms with Gasteiger partial charge in [0.2, 0.25) is 5.95 Å². The Hall–Kier alpha value is -3.55. The number of pyridine rings is 1. The Balaban J connectivity index is 1.44. The van der Waals surface area contributed by atoms with Gasteiger partial charge in [-0.15, -0.1) is 0 Å². The maximum Gasteiger partial charge on any atom is 0.229 e. The summed E-state index contributed by atoms with van der Waals surface area (Å²) < 4.78 is 16.2. The topological polar surface area (TPSA) is 119 Å². The quantitative estimate of drug-likeness (QED) is 0.540. The van der Waals surface area contributed by atoms with Gasteiger partial charge in [0.1, 0.15) is 11.6 Å². The molecule has 5 rings (SSSR count). The van der Waals surface area contributed by atoms with Crippen molar-refractivity contribution in [1.82, 2.24) is 19.9 Å². The summed E-state index contributed by atoms with van der Waals surface area (Å²) in [6.07, 6.45) is 11.3. The Labute approximate surface area is 205 Å². The molecule has 2 aromatic heterocycles. The van der Waals surface area contributed by atoms with Crippen LogP contribution in [-0.4, -0.2) is 50.2 Å². The van der Waals surface area contributed by atoms with Gasteiger partial charge < -0.3 is 15.5 Å². The molecule has 0 saturated carbocycles. The van der Waals surface area contributed by atoms with Crippen LogP contribution in [0.2, 0.25) is 0 Å². The second kappa shape index (κ2) is 9.24. The first-order chi connectivity index (χ1) is 16.8. The summed E-state index contributed by atoms with van der Waals surface area (Å²) in [5, 5.41) is 16.0. The van der Waals surface area contributed by atoms with Crippen LogP contribution in [0.3, 0.4) is 0 Å². The molecule has 180 valence electrons. The summed E-state index contributed by atoms with van der Waals surface area (Å²) in [6, 6.07) is 8.26. The molecule has 2 N–H and O–H groups in total. The van der Waals surface area contributed by atoms with E-state index in [1.165, 1.54) is 35.7 Å². The number of nitrogens with zero attached hydrogens (tertiary/aromatic N) is 6. The highest BCUT2D eigenvalue weighted by molar-refractivity contribution is 7.92. The number of aryl methyl sites for hydroxylation is 1. The van der Waals surface area contributed by atoms with Crippen LogP contribution in [0, 0.1) is 11.3 Å². The number of rotatable bonds is 5. The van der Waals surface area contributed by atoms with Crippen molar-refractivity contribution in [2.75, 3.05) is 36.7 Å². The second-order valence-electron chi connectivity index (χ2n) is 9.52. The molecule has 0 saturated heterocycles. The Morgan fingerprint density at radius 1 is 1.14 bits per heavy atom. The van der Waals surface area contributed by atoms with Crippen molar-refractivity contribution in [3.8, 4) is 6.07 Å². The molecule has 2 aliphatic rings. The average molecular weight is 489 g/mol. The van der Waals surface area contributed by atoms with E-state index >= 15 is 0 Å². The van der Waals surface area contributed by atoms with Crippen molar-refractivity contribution in [1.29, 1.82) is 5.26 Å². The fraction of sp³-hybridized carbons (Fsp3) is 0.360. The van der Waals surface area contributed by atoms with Crippen LogP contribution in [0.15, 0.2) is 41.2 Å². The molecule has 3 aromatic rings. The van der Waals surface area contributed by atoms with Crippen molar-refractivity contribution in [3.63, 3.8) is 0 Å². The molecule has 35 heavy (non-hydrogen) atoms. The molecule has 0 radical (unpaired) electrons. The molecular formula is C25H28N8OS. The van der Waals surface area contributed by atoms with E-state index in [1.54, 1.807) is 31.0 Å². The van der Waals surface area contributed by atoms with Crippen molar-refractivity contribution in [3.05, 3.63) is 59.0 Å². The highest BCUT2D eigenvalue weighted by Gasteiger charge is 2.29. The van der Waals surface area contributed by atoms with Crippen LogP contribution < -0.4 is 10.6 Å². The fourth-order valence-corrected chi connectivity index (χ4v) is 5.60. The Kier molecular flexibility index (Phi) is 6.13. The monoisotopic (exact) mass is 488 g/mol. The van der Waals surface area contributed by atoms with Gasteiger partial charge in [-0.25, -0.2) is 9.19 Å². The normalized spacial score (nSPS) is 17.3.